The Morgan fingerprint density at radius 1 is 1.50 bits per heavy atom. The number of hydrogen-bond donors (Lipinski definition) is 1. The fraction of sp³-hybridized carbons (Fsp3) is 0.500. The minimum atomic E-state index is 0. The zero-order valence-corrected chi connectivity index (χ0v) is 16.3. The number of aryl methyl sites for hydroxylation is 1. The van der Waals surface area contributed by atoms with Gasteiger partial charge in [-0.2, -0.15) is 0 Å². The molecule has 0 amide bonds. The van der Waals surface area contributed by atoms with Gasteiger partial charge in [0.15, 0.2) is 5.96 Å². The van der Waals surface area contributed by atoms with Gasteiger partial charge in [-0.05, 0) is 13.8 Å². The molecule has 0 atom stereocenters. The molecule has 0 unspecified atom stereocenters. The maximum Gasteiger partial charge on any atom is 0.194 e. The Morgan fingerprint density at radius 2 is 2.32 bits per heavy atom. The van der Waals surface area contributed by atoms with Gasteiger partial charge in [-0.3, -0.25) is 4.99 Å². The number of rotatable bonds is 6. The monoisotopic (exact) mass is 434 g/mol. The molecule has 0 aliphatic carbocycles. The number of hydrogen-bond acceptors (Lipinski definition) is 4. The summed E-state index contributed by atoms with van der Waals surface area (Å²) in [6, 6.07) is 0. The lowest BCUT2D eigenvalue weighted by atomic mass is 10.4. The first-order chi connectivity index (χ1) is 10.2. The van der Waals surface area contributed by atoms with E-state index in [1.807, 2.05) is 31.1 Å². The lowest BCUT2D eigenvalue weighted by Crippen LogP contribution is -2.38. The molecule has 2 aromatic rings. The van der Waals surface area contributed by atoms with Crippen molar-refractivity contribution in [3.63, 3.8) is 0 Å². The quantitative estimate of drug-likeness (QED) is 0.431. The summed E-state index contributed by atoms with van der Waals surface area (Å²) in [5.74, 6) is 0.906. The molecule has 0 radical (unpaired) electrons. The number of imidazole rings is 1. The average molecular weight is 434 g/mol. The van der Waals surface area contributed by atoms with Crippen LogP contribution in [0.5, 0.6) is 0 Å². The van der Waals surface area contributed by atoms with Gasteiger partial charge < -0.3 is 14.8 Å². The van der Waals surface area contributed by atoms with Crippen LogP contribution in [0.15, 0.2) is 29.1 Å². The number of aromatic nitrogens is 3. The first-order valence-corrected chi connectivity index (χ1v) is 7.93. The molecule has 22 heavy (non-hydrogen) atoms. The molecule has 0 aliphatic heterocycles. The minimum absolute atomic E-state index is 0. The highest BCUT2D eigenvalue weighted by Crippen LogP contribution is 2.09. The Labute approximate surface area is 152 Å². The predicted octanol–water partition coefficient (Wildman–Crippen LogP) is 2.36. The normalized spacial score (nSPS) is 11.1. The molecule has 2 aromatic heterocycles. The van der Waals surface area contributed by atoms with Crippen molar-refractivity contribution in [2.75, 3.05) is 20.1 Å². The van der Waals surface area contributed by atoms with Gasteiger partial charge in [0, 0.05) is 37.9 Å². The third kappa shape index (κ3) is 5.91. The van der Waals surface area contributed by atoms with E-state index in [4.69, 9.17) is 0 Å². The molecule has 0 bridgehead atoms. The van der Waals surface area contributed by atoms with Gasteiger partial charge in [-0.1, -0.05) is 0 Å². The summed E-state index contributed by atoms with van der Waals surface area (Å²) in [6.07, 6.45) is 5.54. The third-order valence-electron chi connectivity index (χ3n) is 2.94. The molecule has 0 saturated heterocycles. The van der Waals surface area contributed by atoms with Crippen molar-refractivity contribution in [1.82, 2.24) is 24.8 Å². The molecule has 1 N–H and O–H groups in total. The van der Waals surface area contributed by atoms with Crippen molar-refractivity contribution in [2.45, 2.75) is 26.9 Å². The Bertz CT molecular complexity index is 566. The second-order valence-electron chi connectivity index (χ2n) is 4.75. The maximum absolute atomic E-state index is 4.65. The largest absolute Gasteiger partial charge is 0.357 e. The first kappa shape index (κ1) is 18.9. The van der Waals surface area contributed by atoms with E-state index in [-0.39, 0.29) is 24.0 Å². The van der Waals surface area contributed by atoms with Gasteiger partial charge >= 0.3 is 0 Å². The van der Waals surface area contributed by atoms with Crippen LogP contribution in [0.4, 0.5) is 0 Å². The van der Waals surface area contributed by atoms with Crippen LogP contribution in [-0.4, -0.2) is 45.5 Å². The van der Waals surface area contributed by atoms with Gasteiger partial charge in [0.2, 0.25) is 0 Å². The molecular weight excluding hydrogens is 411 g/mol. The lowest BCUT2D eigenvalue weighted by Gasteiger charge is -2.21. The van der Waals surface area contributed by atoms with E-state index in [2.05, 4.69) is 37.5 Å². The number of thiazole rings is 1. The van der Waals surface area contributed by atoms with Crippen molar-refractivity contribution in [3.05, 3.63) is 34.8 Å². The van der Waals surface area contributed by atoms with Crippen LogP contribution < -0.4 is 5.32 Å². The Hall–Kier alpha value is -1.16. The fourth-order valence-electron chi connectivity index (χ4n) is 1.96. The summed E-state index contributed by atoms with van der Waals surface area (Å²) in [5.41, 5.74) is 1.08. The number of guanidine groups is 1. The second-order valence-corrected chi connectivity index (χ2v) is 5.81. The van der Waals surface area contributed by atoms with Gasteiger partial charge in [0.1, 0.15) is 0 Å². The molecule has 6 nitrogen and oxygen atoms in total. The maximum atomic E-state index is 4.65. The highest BCUT2D eigenvalue weighted by atomic mass is 127. The van der Waals surface area contributed by atoms with E-state index in [1.54, 1.807) is 17.5 Å². The van der Waals surface area contributed by atoms with Crippen molar-refractivity contribution in [1.29, 1.82) is 0 Å². The fourth-order valence-corrected chi connectivity index (χ4v) is 2.56. The van der Waals surface area contributed by atoms with E-state index >= 15 is 0 Å². The molecule has 8 heteroatoms. The van der Waals surface area contributed by atoms with Crippen LogP contribution in [0.1, 0.15) is 17.6 Å². The Morgan fingerprint density at radius 3 is 2.91 bits per heavy atom. The van der Waals surface area contributed by atoms with Crippen LogP contribution >= 0.6 is 35.3 Å². The topological polar surface area (TPSA) is 58.3 Å². The molecular formula is C14H23IN6S. The Balaban J connectivity index is 0.00000242. The highest BCUT2D eigenvalue weighted by molar-refractivity contribution is 14.0. The van der Waals surface area contributed by atoms with Crippen molar-refractivity contribution in [3.8, 4) is 0 Å². The van der Waals surface area contributed by atoms with Crippen molar-refractivity contribution in [2.24, 2.45) is 4.99 Å². The van der Waals surface area contributed by atoms with E-state index in [9.17, 15) is 0 Å². The van der Waals surface area contributed by atoms with Crippen LogP contribution in [0, 0.1) is 6.92 Å². The number of nitrogens with one attached hydrogen (secondary N) is 1. The van der Waals surface area contributed by atoms with Crippen LogP contribution in [0.3, 0.4) is 0 Å². The third-order valence-corrected chi connectivity index (χ3v) is 3.76. The molecule has 0 aliphatic rings. The van der Waals surface area contributed by atoms with E-state index in [1.165, 1.54) is 0 Å². The number of halogens is 1. The average Bonchev–Trinajstić information content (AvgIpc) is 3.10. The zero-order chi connectivity index (χ0) is 15.1. The van der Waals surface area contributed by atoms with Crippen LogP contribution in [-0.2, 0) is 13.1 Å². The summed E-state index contributed by atoms with van der Waals surface area (Å²) in [4.78, 5) is 15.3. The summed E-state index contributed by atoms with van der Waals surface area (Å²) >= 11 is 1.68. The molecule has 122 valence electrons. The second kappa shape index (κ2) is 9.78. The lowest BCUT2D eigenvalue weighted by molar-refractivity contribution is 0.470. The molecule has 0 spiro atoms. The van der Waals surface area contributed by atoms with Crippen LogP contribution in [0.25, 0.3) is 0 Å². The zero-order valence-electron chi connectivity index (χ0n) is 13.2. The summed E-state index contributed by atoms with van der Waals surface area (Å²) in [6.45, 7) is 7.27. The van der Waals surface area contributed by atoms with Crippen molar-refractivity contribution >= 4 is 41.3 Å². The number of nitrogens with zero attached hydrogens (tertiary/aromatic N) is 5. The standard InChI is InChI=1S/C14H22N6S.HI/c1-4-16-14(17-6-8-20-7-5-15-11-20)19(3)9-13-10-21-12(2)18-13;/h5,7,10-11H,4,6,8-9H2,1-3H3,(H,16,17);1H. The molecule has 2 heterocycles. The summed E-state index contributed by atoms with van der Waals surface area (Å²) in [7, 11) is 2.04. The molecule has 0 fully saturated rings. The van der Waals surface area contributed by atoms with Crippen LogP contribution in [0.2, 0.25) is 0 Å². The van der Waals surface area contributed by atoms with Gasteiger partial charge in [0.25, 0.3) is 0 Å². The van der Waals surface area contributed by atoms with Gasteiger partial charge in [0.05, 0.1) is 30.1 Å². The SMILES string of the molecule is CCNC(=NCCn1ccnc1)N(C)Cc1csc(C)n1.I. The highest BCUT2D eigenvalue weighted by Gasteiger charge is 2.08. The first-order valence-electron chi connectivity index (χ1n) is 7.05. The predicted molar refractivity (Wildman–Crippen MR) is 102 cm³/mol. The molecule has 0 saturated carbocycles. The minimum Gasteiger partial charge on any atom is -0.357 e. The summed E-state index contributed by atoms with van der Waals surface area (Å²) < 4.78 is 2.02. The molecule has 2 rings (SSSR count). The summed E-state index contributed by atoms with van der Waals surface area (Å²) in [5, 5.41) is 6.51. The number of aliphatic imine (C=N–C) groups is 1. The Kier molecular flexibility index (Phi) is 8.39. The van der Waals surface area contributed by atoms with E-state index < -0.39 is 0 Å². The van der Waals surface area contributed by atoms with Gasteiger partial charge in [-0.15, -0.1) is 35.3 Å². The van der Waals surface area contributed by atoms with E-state index in [0.29, 0.717) is 0 Å². The smallest absolute Gasteiger partial charge is 0.194 e. The van der Waals surface area contributed by atoms with E-state index in [0.717, 1.165) is 42.8 Å². The van der Waals surface area contributed by atoms with Crippen molar-refractivity contribution < 1.29 is 0 Å². The van der Waals surface area contributed by atoms with Gasteiger partial charge in [-0.25, -0.2) is 9.97 Å². The molecule has 0 aromatic carbocycles.